The quantitative estimate of drug-likeness (QED) is 0.594. The van der Waals surface area contributed by atoms with Gasteiger partial charge in [-0.15, -0.1) is 0 Å². The third kappa shape index (κ3) is 5.09. The molecule has 0 nitrogen and oxygen atoms in total. The normalized spacial score (nSPS) is 12.3. The Hall–Kier alpha value is -1.15. The van der Waals surface area contributed by atoms with Gasteiger partial charge in [0.05, 0.1) is 0 Å². The molecular weight excluding hydrogens is 315 g/mol. The summed E-state index contributed by atoms with van der Waals surface area (Å²) in [6.07, 6.45) is 4.53. The second-order valence-electron chi connectivity index (χ2n) is 5.23. The van der Waals surface area contributed by atoms with E-state index in [0.717, 1.165) is 18.2 Å². The van der Waals surface area contributed by atoms with Gasteiger partial charge in [0.2, 0.25) is 0 Å². The van der Waals surface area contributed by atoms with Crippen LogP contribution in [-0.4, -0.2) is 5.33 Å². The van der Waals surface area contributed by atoms with E-state index in [9.17, 15) is 4.39 Å². The number of aryl methyl sites for hydroxylation is 1. The van der Waals surface area contributed by atoms with Gasteiger partial charge in [-0.25, -0.2) is 4.39 Å². The highest BCUT2D eigenvalue weighted by atomic mass is 79.9. The molecule has 0 spiro atoms. The average Bonchev–Trinajstić information content (AvgIpc) is 2.49. The molecule has 0 N–H and O–H groups in total. The topological polar surface area (TPSA) is 0 Å². The first-order valence-corrected chi connectivity index (χ1v) is 8.24. The summed E-state index contributed by atoms with van der Waals surface area (Å²) in [7, 11) is 0. The highest BCUT2D eigenvalue weighted by molar-refractivity contribution is 9.09. The highest BCUT2D eigenvalue weighted by Crippen LogP contribution is 2.18. The van der Waals surface area contributed by atoms with Gasteiger partial charge >= 0.3 is 0 Å². The Balaban J connectivity index is 1.79. The fourth-order valence-electron chi connectivity index (χ4n) is 2.43. The van der Waals surface area contributed by atoms with Crippen molar-refractivity contribution in [2.75, 3.05) is 5.33 Å². The van der Waals surface area contributed by atoms with Crippen LogP contribution >= 0.6 is 15.9 Å². The van der Waals surface area contributed by atoms with Crippen LogP contribution in [0.15, 0.2) is 54.6 Å². The lowest BCUT2D eigenvalue weighted by atomic mass is 9.95. The molecule has 1 unspecified atom stereocenters. The molecule has 0 aliphatic rings. The maximum atomic E-state index is 12.9. The van der Waals surface area contributed by atoms with Gasteiger partial charge in [-0.3, -0.25) is 0 Å². The second-order valence-corrected chi connectivity index (χ2v) is 5.88. The second kappa shape index (κ2) is 8.21. The molecule has 1 atom stereocenters. The van der Waals surface area contributed by atoms with Gasteiger partial charge in [0.1, 0.15) is 5.82 Å². The molecule has 106 valence electrons. The van der Waals surface area contributed by atoms with Gasteiger partial charge < -0.3 is 0 Å². The minimum Gasteiger partial charge on any atom is -0.207 e. The lowest BCUT2D eigenvalue weighted by molar-refractivity contribution is 0.518. The third-order valence-corrected chi connectivity index (χ3v) is 4.49. The first-order chi connectivity index (χ1) is 9.78. The first-order valence-electron chi connectivity index (χ1n) is 7.12. The van der Waals surface area contributed by atoms with Crippen molar-refractivity contribution in [3.05, 3.63) is 71.5 Å². The Bertz CT molecular complexity index is 493. The van der Waals surface area contributed by atoms with Crippen LogP contribution in [0.3, 0.4) is 0 Å². The van der Waals surface area contributed by atoms with E-state index in [1.54, 1.807) is 12.1 Å². The summed E-state index contributed by atoms with van der Waals surface area (Å²) < 4.78 is 12.9. The largest absolute Gasteiger partial charge is 0.207 e. The lowest BCUT2D eigenvalue weighted by Gasteiger charge is -2.14. The number of alkyl halides is 1. The van der Waals surface area contributed by atoms with Gasteiger partial charge in [0.25, 0.3) is 0 Å². The molecule has 0 fully saturated rings. The summed E-state index contributed by atoms with van der Waals surface area (Å²) in [5, 5.41) is 0.999. The van der Waals surface area contributed by atoms with Gasteiger partial charge in [-0.05, 0) is 54.9 Å². The Kier molecular flexibility index (Phi) is 6.25. The van der Waals surface area contributed by atoms with E-state index in [1.165, 1.54) is 24.0 Å². The maximum absolute atomic E-state index is 12.9. The number of hydrogen-bond donors (Lipinski definition) is 0. The van der Waals surface area contributed by atoms with Crippen LogP contribution in [0, 0.1) is 11.7 Å². The minimum atomic E-state index is -0.159. The summed E-state index contributed by atoms with van der Waals surface area (Å²) in [6.45, 7) is 0. The Morgan fingerprint density at radius 3 is 2.25 bits per heavy atom. The van der Waals surface area contributed by atoms with Crippen LogP contribution in [0.1, 0.15) is 24.0 Å². The molecule has 0 radical (unpaired) electrons. The summed E-state index contributed by atoms with van der Waals surface area (Å²) in [5.74, 6) is 0.456. The van der Waals surface area contributed by atoms with Crippen LogP contribution < -0.4 is 0 Å². The molecule has 0 amide bonds. The predicted molar refractivity (Wildman–Crippen MR) is 86.8 cm³/mol. The maximum Gasteiger partial charge on any atom is 0.123 e. The number of halogens is 2. The van der Waals surface area contributed by atoms with Crippen molar-refractivity contribution in [1.82, 2.24) is 0 Å². The SMILES string of the molecule is Fc1ccc(CC(CBr)CCCc2ccccc2)cc1. The van der Waals surface area contributed by atoms with Crippen molar-refractivity contribution in [3.63, 3.8) is 0 Å². The third-order valence-electron chi connectivity index (χ3n) is 3.58. The lowest BCUT2D eigenvalue weighted by Crippen LogP contribution is -2.07. The zero-order chi connectivity index (χ0) is 14.2. The summed E-state index contributed by atoms with van der Waals surface area (Å²) in [4.78, 5) is 0. The molecule has 0 aliphatic carbocycles. The van der Waals surface area contributed by atoms with Crippen molar-refractivity contribution >= 4 is 15.9 Å². The molecule has 2 aromatic carbocycles. The van der Waals surface area contributed by atoms with Crippen molar-refractivity contribution < 1.29 is 4.39 Å². The van der Waals surface area contributed by atoms with Gasteiger partial charge in [-0.2, -0.15) is 0 Å². The van der Waals surface area contributed by atoms with Crippen molar-refractivity contribution in [2.24, 2.45) is 5.92 Å². The minimum absolute atomic E-state index is 0.159. The summed E-state index contributed by atoms with van der Waals surface area (Å²) >= 11 is 3.60. The number of benzene rings is 2. The Morgan fingerprint density at radius 2 is 1.60 bits per heavy atom. The van der Waals surface area contributed by atoms with E-state index in [4.69, 9.17) is 0 Å². The van der Waals surface area contributed by atoms with Crippen molar-refractivity contribution in [1.29, 1.82) is 0 Å². The monoisotopic (exact) mass is 334 g/mol. The van der Waals surface area contributed by atoms with Crippen molar-refractivity contribution in [2.45, 2.75) is 25.7 Å². The van der Waals surface area contributed by atoms with E-state index in [0.29, 0.717) is 5.92 Å². The zero-order valence-corrected chi connectivity index (χ0v) is 13.2. The highest BCUT2D eigenvalue weighted by Gasteiger charge is 2.08. The van der Waals surface area contributed by atoms with E-state index in [1.807, 2.05) is 12.1 Å². The fraction of sp³-hybridized carbons (Fsp3) is 0.333. The molecule has 2 aromatic rings. The molecule has 20 heavy (non-hydrogen) atoms. The van der Waals surface area contributed by atoms with Crippen LogP contribution in [0.5, 0.6) is 0 Å². The van der Waals surface area contributed by atoms with Crippen LogP contribution in [0.4, 0.5) is 4.39 Å². The summed E-state index contributed by atoms with van der Waals surface area (Å²) in [6, 6.07) is 17.5. The first kappa shape index (κ1) is 15.2. The number of rotatable bonds is 7. The Morgan fingerprint density at radius 1 is 0.900 bits per heavy atom. The van der Waals surface area contributed by atoms with E-state index in [2.05, 4.69) is 46.3 Å². The molecule has 0 aliphatic heterocycles. The number of hydrogen-bond acceptors (Lipinski definition) is 0. The fourth-order valence-corrected chi connectivity index (χ4v) is 2.98. The molecule has 0 saturated carbocycles. The average molecular weight is 335 g/mol. The molecule has 0 bridgehead atoms. The Labute approximate surface area is 129 Å². The molecular formula is C18H20BrF. The molecule has 0 saturated heterocycles. The zero-order valence-electron chi connectivity index (χ0n) is 11.6. The smallest absolute Gasteiger partial charge is 0.123 e. The molecule has 0 aromatic heterocycles. The molecule has 0 heterocycles. The van der Waals surface area contributed by atoms with Crippen LogP contribution in [0.2, 0.25) is 0 Å². The van der Waals surface area contributed by atoms with Gasteiger partial charge in [-0.1, -0.05) is 58.4 Å². The van der Waals surface area contributed by atoms with Crippen molar-refractivity contribution in [3.8, 4) is 0 Å². The predicted octanol–water partition coefficient (Wildman–Crippen LogP) is 5.40. The van der Waals surface area contributed by atoms with Crippen LogP contribution in [0.25, 0.3) is 0 Å². The standard InChI is InChI=1S/C18H20BrF/c19-14-17(13-16-9-11-18(20)12-10-16)8-4-7-15-5-2-1-3-6-15/h1-3,5-6,9-12,17H,4,7-8,13-14H2. The molecule has 2 heteroatoms. The van der Waals surface area contributed by atoms with E-state index >= 15 is 0 Å². The van der Waals surface area contributed by atoms with Gasteiger partial charge in [0.15, 0.2) is 0 Å². The van der Waals surface area contributed by atoms with Crippen LogP contribution in [-0.2, 0) is 12.8 Å². The van der Waals surface area contributed by atoms with E-state index in [-0.39, 0.29) is 5.82 Å². The summed E-state index contributed by atoms with van der Waals surface area (Å²) in [5.41, 5.74) is 2.62. The molecule has 2 rings (SSSR count). The van der Waals surface area contributed by atoms with E-state index < -0.39 is 0 Å². The van der Waals surface area contributed by atoms with Gasteiger partial charge in [0, 0.05) is 5.33 Å².